The zero-order valence-corrected chi connectivity index (χ0v) is 22.7. The maximum absolute atomic E-state index is 9.61. The number of aliphatic hydroxyl groups is 2. The van der Waals surface area contributed by atoms with Gasteiger partial charge in [0.25, 0.3) is 0 Å². The standard InChI is InChI=1S/C13H20N2O.C9H13NO.C9H10O/c1-14-13(16)11-5-7-12(8-6-11)15-9-3-2-4-10-15;1-7-3-5-8(6-4-7)9(11)10-2;1-7-2-4-8(5-3-7)9-6-10-9/h5-8,13-14,16H,2-4,9-10H2,1H3;3-6,9-11H,1-2H3;2-5,9H,6H2,1H3. The third-order valence-corrected chi connectivity index (χ3v) is 6.65. The summed E-state index contributed by atoms with van der Waals surface area (Å²) in [6.45, 7) is 7.35. The average Bonchev–Trinajstić information content (AvgIpc) is 3.80. The Morgan fingerprint density at radius 2 is 1.14 bits per heavy atom. The van der Waals surface area contributed by atoms with Gasteiger partial charge in [-0.05, 0) is 76.0 Å². The minimum Gasteiger partial charge on any atom is -0.374 e. The number of benzene rings is 3. The van der Waals surface area contributed by atoms with Gasteiger partial charge in [0, 0.05) is 18.8 Å². The lowest BCUT2D eigenvalue weighted by atomic mass is 10.1. The Bertz CT molecular complexity index is 1030. The van der Waals surface area contributed by atoms with Crippen molar-refractivity contribution < 1.29 is 14.9 Å². The first-order valence-electron chi connectivity index (χ1n) is 13.2. The van der Waals surface area contributed by atoms with Crippen LogP contribution < -0.4 is 15.5 Å². The second-order valence-corrected chi connectivity index (χ2v) is 9.67. The number of nitrogens with zero attached hydrogens (tertiary/aromatic N) is 1. The van der Waals surface area contributed by atoms with E-state index < -0.39 is 12.5 Å². The molecule has 2 aliphatic rings. The van der Waals surface area contributed by atoms with E-state index in [-0.39, 0.29) is 0 Å². The number of hydrogen-bond acceptors (Lipinski definition) is 6. The van der Waals surface area contributed by atoms with Gasteiger partial charge in [0.2, 0.25) is 0 Å². The summed E-state index contributed by atoms with van der Waals surface area (Å²) in [5.41, 5.74) is 6.92. The van der Waals surface area contributed by atoms with Crippen molar-refractivity contribution in [3.8, 4) is 0 Å². The quantitative estimate of drug-likeness (QED) is 0.274. The van der Waals surface area contributed by atoms with E-state index >= 15 is 0 Å². The molecule has 2 saturated heterocycles. The van der Waals surface area contributed by atoms with Gasteiger partial charge in [-0.3, -0.25) is 10.6 Å². The first kappa shape index (κ1) is 28.8. The second-order valence-electron chi connectivity index (χ2n) is 9.67. The van der Waals surface area contributed by atoms with Gasteiger partial charge in [-0.2, -0.15) is 0 Å². The number of nitrogens with one attached hydrogen (secondary N) is 2. The number of ether oxygens (including phenoxy) is 1. The maximum atomic E-state index is 9.61. The van der Waals surface area contributed by atoms with E-state index in [1.807, 2.05) is 43.3 Å². The minimum atomic E-state index is -0.560. The van der Waals surface area contributed by atoms with Crippen LogP contribution in [0.5, 0.6) is 0 Å². The summed E-state index contributed by atoms with van der Waals surface area (Å²) in [6.07, 6.45) is 3.24. The average molecular weight is 506 g/mol. The normalized spacial score (nSPS) is 18.0. The molecule has 4 N–H and O–H groups in total. The van der Waals surface area contributed by atoms with Crippen LogP contribution in [0, 0.1) is 13.8 Å². The molecule has 0 aromatic heterocycles. The first-order chi connectivity index (χ1) is 17.9. The number of rotatable bonds is 6. The summed E-state index contributed by atoms with van der Waals surface area (Å²) in [4.78, 5) is 2.42. The molecule has 0 saturated carbocycles. The molecular formula is C31H43N3O3. The van der Waals surface area contributed by atoms with E-state index in [1.54, 1.807) is 14.1 Å². The molecule has 3 aromatic rings. The Kier molecular flexibility index (Phi) is 11.6. The van der Waals surface area contributed by atoms with Crippen molar-refractivity contribution in [3.63, 3.8) is 0 Å². The third-order valence-electron chi connectivity index (χ3n) is 6.65. The smallest absolute Gasteiger partial charge is 0.130 e. The zero-order chi connectivity index (χ0) is 26.6. The molecule has 2 aliphatic heterocycles. The predicted molar refractivity (Wildman–Crippen MR) is 152 cm³/mol. The predicted octanol–water partition coefficient (Wildman–Crippen LogP) is 5.16. The first-order valence-corrected chi connectivity index (χ1v) is 13.2. The van der Waals surface area contributed by atoms with Crippen LogP contribution >= 0.6 is 0 Å². The second kappa shape index (κ2) is 14.9. The third kappa shape index (κ3) is 9.58. The van der Waals surface area contributed by atoms with Crippen molar-refractivity contribution in [2.75, 3.05) is 38.7 Å². The van der Waals surface area contributed by atoms with Crippen molar-refractivity contribution in [2.45, 2.75) is 51.7 Å². The van der Waals surface area contributed by atoms with Gasteiger partial charge >= 0.3 is 0 Å². The zero-order valence-electron chi connectivity index (χ0n) is 22.7. The lowest BCUT2D eigenvalue weighted by Crippen LogP contribution is -2.29. The maximum Gasteiger partial charge on any atom is 0.130 e. The summed E-state index contributed by atoms with van der Waals surface area (Å²) < 4.78 is 5.13. The molecule has 6 heteroatoms. The van der Waals surface area contributed by atoms with Crippen LogP contribution in [0.15, 0.2) is 72.8 Å². The number of hydrogen-bond donors (Lipinski definition) is 4. The summed E-state index contributed by atoms with van der Waals surface area (Å²) in [6, 6.07) is 24.5. The number of aliphatic hydroxyl groups excluding tert-OH is 2. The summed E-state index contributed by atoms with van der Waals surface area (Å²) >= 11 is 0. The van der Waals surface area contributed by atoms with E-state index in [4.69, 9.17) is 4.74 Å². The van der Waals surface area contributed by atoms with Crippen LogP contribution in [0.25, 0.3) is 0 Å². The van der Waals surface area contributed by atoms with Gasteiger partial charge in [-0.25, -0.2) is 0 Å². The molecule has 37 heavy (non-hydrogen) atoms. The fraction of sp³-hybridized carbons (Fsp3) is 0.419. The molecule has 5 rings (SSSR count). The molecule has 3 atom stereocenters. The Morgan fingerprint density at radius 3 is 1.57 bits per heavy atom. The molecule has 3 unspecified atom stereocenters. The molecule has 2 heterocycles. The molecule has 200 valence electrons. The van der Waals surface area contributed by atoms with Crippen LogP contribution in [0.4, 0.5) is 5.69 Å². The van der Waals surface area contributed by atoms with Crippen molar-refractivity contribution >= 4 is 5.69 Å². The number of anilines is 1. The molecule has 2 fully saturated rings. The lowest BCUT2D eigenvalue weighted by molar-refractivity contribution is 0.149. The largest absolute Gasteiger partial charge is 0.374 e. The van der Waals surface area contributed by atoms with Crippen LogP contribution in [0.1, 0.15) is 65.6 Å². The van der Waals surface area contributed by atoms with Gasteiger partial charge in [0.1, 0.15) is 18.6 Å². The highest BCUT2D eigenvalue weighted by Crippen LogP contribution is 2.29. The summed E-state index contributed by atoms with van der Waals surface area (Å²) in [5.74, 6) is 0. The van der Waals surface area contributed by atoms with Gasteiger partial charge in [0.15, 0.2) is 0 Å². The van der Waals surface area contributed by atoms with Gasteiger partial charge in [-0.1, -0.05) is 71.8 Å². The number of piperidine rings is 1. The fourth-order valence-corrected chi connectivity index (χ4v) is 4.12. The highest BCUT2D eigenvalue weighted by Gasteiger charge is 2.23. The Morgan fingerprint density at radius 1 is 0.703 bits per heavy atom. The summed E-state index contributed by atoms with van der Waals surface area (Å²) in [7, 11) is 3.48. The fourth-order valence-electron chi connectivity index (χ4n) is 4.12. The van der Waals surface area contributed by atoms with Gasteiger partial charge in [0.05, 0.1) is 6.61 Å². The van der Waals surface area contributed by atoms with Gasteiger partial charge in [-0.15, -0.1) is 0 Å². The van der Waals surface area contributed by atoms with Crippen LogP contribution in [-0.2, 0) is 4.74 Å². The minimum absolute atomic E-state index is 0.403. The SMILES string of the molecule is CNC(O)c1ccc(C)cc1.CNC(O)c1ccc(N2CCCCC2)cc1.Cc1ccc(C2CO2)cc1. The lowest BCUT2D eigenvalue weighted by Gasteiger charge is -2.29. The number of epoxide rings is 1. The monoisotopic (exact) mass is 505 g/mol. The highest BCUT2D eigenvalue weighted by molar-refractivity contribution is 5.48. The van der Waals surface area contributed by atoms with E-state index in [1.165, 1.54) is 41.6 Å². The van der Waals surface area contributed by atoms with E-state index in [9.17, 15) is 10.2 Å². The van der Waals surface area contributed by atoms with E-state index in [2.05, 4.69) is 58.9 Å². The molecule has 6 nitrogen and oxygen atoms in total. The molecular weight excluding hydrogens is 462 g/mol. The Hall–Kier alpha value is -2.74. The molecule has 0 spiro atoms. The van der Waals surface area contributed by atoms with E-state index in [0.29, 0.717) is 6.10 Å². The van der Waals surface area contributed by atoms with Crippen molar-refractivity contribution in [3.05, 3.63) is 101 Å². The molecule has 0 aliphatic carbocycles. The van der Waals surface area contributed by atoms with Crippen molar-refractivity contribution in [1.82, 2.24) is 10.6 Å². The van der Waals surface area contributed by atoms with Crippen molar-refractivity contribution in [1.29, 1.82) is 0 Å². The summed E-state index contributed by atoms with van der Waals surface area (Å²) in [5, 5.41) is 24.5. The van der Waals surface area contributed by atoms with Crippen LogP contribution in [0.3, 0.4) is 0 Å². The van der Waals surface area contributed by atoms with E-state index in [0.717, 1.165) is 30.8 Å². The van der Waals surface area contributed by atoms with Crippen LogP contribution in [0.2, 0.25) is 0 Å². The highest BCUT2D eigenvalue weighted by atomic mass is 16.6. The Labute approximate surface area is 222 Å². The molecule has 0 amide bonds. The molecule has 0 bridgehead atoms. The van der Waals surface area contributed by atoms with Gasteiger partial charge < -0.3 is 19.8 Å². The van der Waals surface area contributed by atoms with Crippen molar-refractivity contribution in [2.24, 2.45) is 0 Å². The van der Waals surface area contributed by atoms with Crippen LogP contribution in [-0.4, -0.2) is 44.0 Å². The number of aryl methyl sites for hydroxylation is 2. The molecule has 0 radical (unpaired) electrons. The topological polar surface area (TPSA) is 80.3 Å². The Balaban J connectivity index is 0.000000160. The molecule has 3 aromatic carbocycles.